The lowest BCUT2D eigenvalue weighted by Gasteiger charge is -2.13. The fourth-order valence-corrected chi connectivity index (χ4v) is 2.06. The van der Waals surface area contributed by atoms with E-state index in [2.05, 4.69) is 38.9 Å². The van der Waals surface area contributed by atoms with E-state index in [1.165, 1.54) is 22.3 Å². The second-order valence-corrected chi connectivity index (χ2v) is 4.24. The van der Waals surface area contributed by atoms with Crippen molar-refractivity contribution in [3.63, 3.8) is 0 Å². The van der Waals surface area contributed by atoms with Gasteiger partial charge >= 0.3 is 0 Å². The van der Waals surface area contributed by atoms with E-state index in [0.717, 1.165) is 11.1 Å². The van der Waals surface area contributed by atoms with E-state index < -0.39 is 0 Å². The molecule has 2 N–H and O–H groups in total. The van der Waals surface area contributed by atoms with Gasteiger partial charge in [0.2, 0.25) is 5.88 Å². The molecule has 0 aliphatic carbocycles. The largest absolute Gasteiger partial charge is 0.367 e. The van der Waals surface area contributed by atoms with Crippen molar-refractivity contribution in [3.05, 3.63) is 34.5 Å². The number of rotatable bonds is 1. The molecule has 0 aliphatic heterocycles. The van der Waals surface area contributed by atoms with Crippen LogP contribution in [-0.4, -0.2) is 5.16 Å². The Hall–Kier alpha value is -1.77. The first-order chi connectivity index (χ1) is 7.52. The van der Waals surface area contributed by atoms with Crippen molar-refractivity contribution in [3.8, 4) is 11.1 Å². The molecule has 1 heterocycles. The molecule has 3 nitrogen and oxygen atoms in total. The average Bonchev–Trinajstić information content (AvgIpc) is 2.63. The second kappa shape index (κ2) is 3.67. The Bertz CT molecular complexity index is 515. The van der Waals surface area contributed by atoms with Gasteiger partial charge in [0.25, 0.3) is 0 Å². The first-order valence-corrected chi connectivity index (χ1v) is 5.30. The van der Waals surface area contributed by atoms with Crippen LogP contribution in [0, 0.1) is 27.7 Å². The number of nitrogens with zero attached hydrogens (tertiary/aromatic N) is 1. The molecule has 16 heavy (non-hydrogen) atoms. The molecular weight excluding hydrogens is 200 g/mol. The van der Waals surface area contributed by atoms with Crippen LogP contribution in [0.3, 0.4) is 0 Å². The summed E-state index contributed by atoms with van der Waals surface area (Å²) in [7, 11) is 0. The highest BCUT2D eigenvalue weighted by atomic mass is 16.5. The van der Waals surface area contributed by atoms with Crippen LogP contribution in [0.25, 0.3) is 11.1 Å². The topological polar surface area (TPSA) is 52.0 Å². The van der Waals surface area contributed by atoms with Gasteiger partial charge in [-0.2, -0.15) is 0 Å². The van der Waals surface area contributed by atoms with Crippen LogP contribution < -0.4 is 5.73 Å². The molecule has 0 saturated heterocycles. The Kier molecular flexibility index (Phi) is 2.46. The molecule has 0 fully saturated rings. The summed E-state index contributed by atoms with van der Waals surface area (Å²) >= 11 is 0. The van der Waals surface area contributed by atoms with Gasteiger partial charge in [-0.15, -0.1) is 0 Å². The Balaban J connectivity index is 2.79. The first-order valence-electron chi connectivity index (χ1n) is 5.30. The summed E-state index contributed by atoms with van der Waals surface area (Å²) in [6, 6.07) is 2.19. The van der Waals surface area contributed by atoms with E-state index in [1.54, 1.807) is 6.20 Å². The quantitative estimate of drug-likeness (QED) is 0.796. The van der Waals surface area contributed by atoms with Crippen molar-refractivity contribution >= 4 is 5.88 Å². The van der Waals surface area contributed by atoms with Gasteiger partial charge in [0.1, 0.15) is 0 Å². The Morgan fingerprint density at radius 3 is 2.06 bits per heavy atom. The maximum atomic E-state index is 5.78. The van der Waals surface area contributed by atoms with E-state index in [-0.39, 0.29) is 0 Å². The molecule has 2 rings (SSSR count). The zero-order chi connectivity index (χ0) is 11.9. The number of benzene rings is 1. The minimum atomic E-state index is 0.385. The number of nitrogens with two attached hydrogens (primary N) is 1. The van der Waals surface area contributed by atoms with Crippen molar-refractivity contribution in [1.29, 1.82) is 0 Å². The zero-order valence-corrected chi connectivity index (χ0v) is 10.1. The molecule has 0 radical (unpaired) electrons. The lowest BCUT2D eigenvalue weighted by atomic mass is 9.91. The fraction of sp³-hybridized carbons (Fsp3) is 0.308. The Labute approximate surface area is 95.3 Å². The summed E-state index contributed by atoms with van der Waals surface area (Å²) in [4.78, 5) is 0. The van der Waals surface area contributed by atoms with E-state index in [9.17, 15) is 0 Å². The number of aromatic nitrogens is 1. The summed E-state index contributed by atoms with van der Waals surface area (Å²) in [5.74, 6) is 0.385. The Morgan fingerprint density at radius 2 is 1.62 bits per heavy atom. The van der Waals surface area contributed by atoms with Crippen molar-refractivity contribution in [2.75, 3.05) is 5.73 Å². The van der Waals surface area contributed by atoms with E-state index >= 15 is 0 Å². The van der Waals surface area contributed by atoms with Gasteiger partial charge in [0.15, 0.2) is 0 Å². The molecule has 0 amide bonds. The number of hydrogen-bond donors (Lipinski definition) is 1. The van der Waals surface area contributed by atoms with Gasteiger partial charge in [-0.05, 0) is 55.5 Å². The van der Waals surface area contributed by atoms with Crippen molar-refractivity contribution < 1.29 is 4.52 Å². The molecule has 0 bridgehead atoms. The van der Waals surface area contributed by atoms with Gasteiger partial charge in [0, 0.05) is 0 Å². The van der Waals surface area contributed by atoms with Crippen LogP contribution in [0.5, 0.6) is 0 Å². The van der Waals surface area contributed by atoms with E-state index in [4.69, 9.17) is 10.3 Å². The number of anilines is 1. The molecule has 1 aromatic heterocycles. The van der Waals surface area contributed by atoms with E-state index in [0.29, 0.717) is 5.88 Å². The highest BCUT2D eigenvalue weighted by molar-refractivity contribution is 5.79. The molecule has 84 valence electrons. The number of nitrogen functional groups attached to an aromatic ring is 1. The predicted molar refractivity (Wildman–Crippen MR) is 65.3 cm³/mol. The monoisotopic (exact) mass is 216 g/mol. The van der Waals surface area contributed by atoms with Crippen LogP contribution in [0.1, 0.15) is 22.3 Å². The Morgan fingerprint density at radius 1 is 1.06 bits per heavy atom. The average molecular weight is 216 g/mol. The molecule has 0 atom stereocenters. The highest BCUT2D eigenvalue weighted by Crippen LogP contribution is 2.34. The molecule has 1 aromatic carbocycles. The third kappa shape index (κ3) is 1.48. The standard InChI is InChI=1S/C13H16N2O/c1-7-5-8(2)10(4)12(9(7)3)11-6-15-16-13(11)14/h5-6H,14H2,1-4H3. The van der Waals surface area contributed by atoms with Crippen molar-refractivity contribution in [2.45, 2.75) is 27.7 Å². The van der Waals surface area contributed by atoms with Crippen molar-refractivity contribution in [1.82, 2.24) is 5.16 Å². The normalized spacial score (nSPS) is 10.8. The van der Waals surface area contributed by atoms with Crippen LogP contribution >= 0.6 is 0 Å². The minimum Gasteiger partial charge on any atom is -0.367 e. The third-order valence-corrected chi connectivity index (χ3v) is 3.23. The molecule has 0 spiro atoms. The van der Waals surface area contributed by atoms with Crippen LogP contribution in [-0.2, 0) is 0 Å². The maximum absolute atomic E-state index is 5.78. The molecule has 0 aliphatic rings. The SMILES string of the molecule is Cc1cc(C)c(C)c(-c2cnoc2N)c1C. The molecule has 2 aromatic rings. The second-order valence-electron chi connectivity index (χ2n) is 4.24. The smallest absolute Gasteiger partial charge is 0.229 e. The lowest BCUT2D eigenvalue weighted by molar-refractivity contribution is 0.436. The van der Waals surface area contributed by atoms with Gasteiger partial charge in [-0.3, -0.25) is 0 Å². The maximum Gasteiger partial charge on any atom is 0.229 e. The van der Waals surface area contributed by atoms with Gasteiger partial charge < -0.3 is 10.3 Å². The highest BCUT2D eigenvalue weighted by Gasteiger charge is 2.15. The fourth-order valence-electron chi connectivity index (χ4n) is 2.06. The number of aryl methyl sites for hydroxylation is 2. The molecule has 3 heteroatoms. The molecule has 0 unspecified atom stereocenters. The summed E-state index contributed by atoms with van der Waals surface area (Å²) in [5.41, 5.74) is 12.8. The van der Waals surface area contributed by atoms with Crippen LogP contribution in [0.4, 0.5) is 5.88 Å². The van der Waals surface area contributed by atoms with E-state index in [1.807, 2.05) is 0 Å². The summed E-state index contributed by atoms with van der Waals surface area (Å²) < 4.78 is 4.94. The summed E-state index contributed by atoms with van der Waals surface area (Å²) in [6.07, 6.45) is 1.68. The van der Waals surface area contributed by atoms with Gasteiger partial charge in [0.05, 0.1) is 11.8 Å². The summed E-state index contributed by atoms with van der Waals surface area (Å²) in [6.45, 7) is 8.41. The third-order valence-electron chi connectivity index (χ3n) is 3.23. The predicted octanol–water partition coefficient (Wildman–Crippen LogP) is 3.16. The van der Waals surface area contributed by atoms with Crippen molar-refractivity contribution in [2.24, 2.45) is 0 Å². The molecular formula is C13H16N2O. The lowest BCUT2D eigenvalue weighted by Crippen LogP contribution is -1.96. The zero-order valence-electron chi connectivity index (χ0n) is 10.1. The van der Waals surface area contributed by atoms with Gasteiger partial charge in [-0.25, -0.2) is 0 Å². The number of hydrogen-bond acceptors (Lipinski definition) is 3. The van der Waals surface area contributed by atoms with Crippen LogP contribution in [0.15, 0.2) is 16.8 Å². The van der Waals surface area contributed by atoms with Gasteiger partial charge in [-0.1, -0.05) is 11.2 Å². The first kappa shape index (κ1) is 10.7. The summed E-state index contributed by atoms with van der Waals surface area (Å²) in [5, 5.41) is 3.74. The minimum absolute atomic E-state index is 0.385. The van der Waals surface area contributed by atoms with Crippen LogP contribution in [0.2, 0.25) is 0 Å². The molecule has 0 saturated carbocycles.